The van der Waals surface area contributed by atoms with Crippen molar-refractivity contribution in [2.24, 2.45) is 0 Å². The molecule has 34 heavy (non-hydrogen) atoms. The van der Waals surface area contributed by atoms with E-state index in [1.54, 1.807) is 36.4 Å². The third kappa shape index (κ3) is 7.06. The number of carbonyl (C=O) groups excluding carboxylic acids is 2. The quantitative estimate of drug-likeness (QED) is 0.585. The van der Waals surface area contributed by atoms with Crippen LogP contribution in [-0.4, -0.2) is 51.3 Å². The van der Waals surface area contributed by atoms with Crippen molar-refractivity contribution < 1.29 is 18.0 Å². The van der Waals surface area contributed by atoms with Crippen molar-refractivity contribution in [2.75, 3.05) is 30.5 Å². The summed E-state index contributed by atoms with van der Waals surface area (Å²) in [6.07, 6.45) is 4.63. The number of carbonyl (C=O) groups is 2. The molecule has 0 atom stereocenters. The summed E-state index contributed by atoms with van der Waals surface area (Å²) in [6.45, 7) is 5.66. The molecule has 2 aromatic rings. The molecule has 0 radical (unpaired) electrons. The van der Waals surface area contributed by atoms with Crippen molar-refractivity contribution in [3.63, 3.8) is 0 Å². The largest absolute Gasteiger partial charge is 0.356 e. The number of likely N-dealkylation sites (tertiary alicyclic amines) is 1. The van der Waals surface area contributed by atoms with Gasteiger partial charge in [-0.2, -0.15) is 0 Å². The van der Waals surface area contributed by atoms with Crippen LogP contribution in [0.1, 0.15) is 49.7 Å². The Bertz CT molecular complexity index is 1060. The number of hydrogen-bond donors (Lipinski definition) is 1. The Labute approximate surface area is 203 Å². The standard InChI is InChI=1S/C26H35N3O4S/c1-21-7-11-23(12-8-21)29(34(32,33)24-13-9-22(2)10-14-24)20-16-25(30)27-17-15-26(31)28-18-5-3-4-6-19-28/h7-14H,3-6,15-20H2,1-2H3,(H,27,30). The van der Waals surface area contributed by atoms with Crippen LogP contribution in [0.15, 0.2) is 53.4 Å². The van der Waals surface area contributed by atoms with Gasteiger partial charge in [-0.25, -0.2) is 8.42 Å². The molecule has 1 aliphatic rings. The summed E-state index contributed by atoms with van der Waals surface area (Å²) in [4.78, 5) is 27.0. The number of nitrogens with zero attached hydrogens (tertiary/aromatic N) is 2. The molecule has 3 rings (SSSR count). The smallest absolute Gasteiger partial charge is 0.264 e. The van der Waals surface area contributed by atoms with Gasteiger partial charge in [0, 0.05) is 39.0 Å². The van der Waals surface area contributed by atoms with Gasteiger partial charge in [-0.3, -0.25) is 13.9 Å². The van der Waals surface area contributed by atoms with Gasteiger partial charge in [-0.1, -0.05) is 48.2 Å². The maximum absolute atomic E-state index is 13.4. The number of aryl methyl sites for hydroxylation is 2. The lowest BCUT2D eigenvalue weighted by Gasteiger charge is -2.25. The molecule has 0 unspecified atom stereocenters. The molecule has 1 heterocycles. The molecule has 0 saturated carbocycles. The summed E-state index contributed by atoms with van der Waals surface area (Å²) >= 11 is 0. The Balaban J connectivity index is 1.61. The van der Waals surface area contributed by atoms with E-state index in [0.29, 0.717) is 5.69 Å². The highest BCUT2D eigenvalue weighted by Crippen LogP contribution is 2.24. The minimum Gasteiger partial charge on any atom is -0.356 e. The summed E-state index contributed by atoms with van der Waals surface area (Å²) in [7, 11) is -3.84. The monoisotopic (exact) mass is 485 g/mol. The number of amides is 2. The van der Waals surface area contributed by atoms with Crippen molar-refractivity contribution >= 4 is 27.5 Å². The third-order valence-corrected chi connectivity index (χ3v) is 7.93. The van der Waals surface area contributed by atoms with E-state index < -0.39 is 10.0 Å². The second-order valence-electron chi connectivity index (χ2n) is 8.87. The SMILES string of the molecule is Cc1ccc(N(CCC(=O)NCCC(=O)N2CCCCCC2)S(=O)(=O)c2ccc(C)cc2)cc1. The van der Waals surface area contributed by atoms with Crippen molar-refractivity contribution in [2.45, 2.75) is 57.3 Å². The minimum atomic E-state index is -3.84. The van der Waals surface area contributed by atoms with Gasteiger partial charge in [-0.15, -0.1) is 0 Å². The van der Waals surface area contributed by atoms with Gasteiger partial charge >= 0.3 is 0 Å². The number of hydrogen-bond acceptors (Lipinski definition) is 4. The first kappa shape index (κ1) is 25.7. The fourth-order valence-corrected chi connectivity index (χ4v) is 5.48. The van der Waals surface area contributed by atoms with Crippen molar-refractivity contribution in [1.29, 1.82) is 0 Å². The number of sulfonamides is 1. The molecule has 2 aromatic carbocycles. The molecule has 1 N–H and O–H groups in total. The van der Waals surface area contributed by atoms with Gasteiger partial charge in [0.25, 0.3) is 10.0 Å². The third-order valence-electron chi connectivity index (χ3n) is 6.09. The first-order chi connectivity index (χ1) is 16.3. The Morgan fingerprint density at radius 1 is 0.853 bits per heavy atom. The normalized spacial score (nSPS) is 14.4. The molecule has 0 bridgehead atoms. The van der Waals surface area contributed by atoms with Crippen LogP contribution >= 0.6 is 0 Å². The molecular formula is C26H35N3O4S. The van der Waals surface area contributed by atoms with Crippen LogP contribution in [0.3, 0.4) is 0 Å². The molecule has 2 amide bonds. The summed E-state index contributed by atoms with van der Waals surface area (Å²) in [6, 6.07) is 13.9. The highest BCUT2D eigenvalue weighted by Gasteiger charge is 2.25. The van der Waals surface area contributed by atoms with E-state index in [9.17, 15) is 18.0 Å². The Morgan fingerprint density at radius 3 is 2.00 bits per heavy atom. The van der Waals surface area contributed by atoms with E-state index in [0.717, 1.165) is 49.9 Å². The van der Waals surface area contributed by atoms with Crippen LogP contribution in [-0.2, 0) is 19.6 Å². The summed E-state index contributed by atoms with van der Waals surface area (Å²) in [5.74, 6) is -0.217. The predicted octanol–water partition coefficient (Wildman–Crippen LogP) is 3.80. The van der Waals surface area contributed by atoms with Gasteiger partial charge in [0.2, 0.25) is 11.8 Å². The van der Waals surface area contributed by atoms with Gasteiger partial charge in [0.15, 0.2) is 0 Å². The first-order valence-electron chi connectivity index (χ1n) is 12.0. The van der Waals surface area contributed by atoms with E-state index in [4.69, 9.17) is 0 Å². The highest BCUT2D eigenvalue weighted by molar-refractivity contribution is 7.92. The molecule has 0 aliphatic carbocycles. The summed E-state index contributed by atoms with van der Waals surface area (Å²) in [5, 5.41) is 2.77. The maximum Gasteiger partial charge on any atom is 0.264 e. The molecule has 0 aromatic heterocycles. The zero-order valence-corrected chi connectivity index (χ0v) is 20.9. The fraction of sp³-hybridized carbons (Fsp3) is 0.462. The highest BCUT2D eigenvalue weighted by atomic mass is 32.2. The Hall–Kier alpha value is -2.87. The Kier molecular flexibility index (Phi) is 9.10. The fourth-order valence-electron chi connectivity index (χ4n) is 4.02. The van der Waals surface area contributed by atoms with E-state index in [2.05, 4.69) is 5.32 Å². The van der Waals surface area contributed by atoms with Gasteiger partial charge < -0.3 is 10.2 Å². The summed E-state index contributed by atoms with van der Waals surface area (Å²) < 4.78 is 28.1. The molecular weight excluding hydrogens is 450 g/mol. The lowest BCUT2D eigenvalue weighted by Crippen LogP contribution is -2.37. The topological polar surface area (TPSA) is 86.8 Å². The van der Waals surface area contributed by atoms with Gasteiger partial charge in [0.1, 0.15) is 0 Å². The predicted molar refractivity (Wildman–Crippen MR) is 134 cm³/mol. The number of rotatable bonds is 9. The summed E-state index contributed by atoms with van der Waals surface area (Å²) in [5.41, 5.74) is 2.49. The first-order valence-corrected chi connectivity index (χ1v) is 13.4. The molecule has 184 valence electrons. The second-order valence-corrected chi connectivity index (χ2v) is 10.7. The molecule has 1 aliphatic heterocycles. The number of anilines is 1. The molecule has 7 nitrogen and oxygen atoms in total. The van der Waals surface area contributed by atoms with Crippen LogP contribution in [0.25, 0.3) is 0 Å². The van der Waals surface area contributed by atoms with E-state index >= 15 is 0 Å². The van der Waals surface area contributed by atoms with Gasteiger partial charge in [-0.05, 0) is 51.0 Å². The van der Waals surface area contributed by atoms with Crippen molar-refractivity contribution in [3.8, 4) is 0 Å². The molecule has 1 saturated heterocycles. The molecule has 8 heteroatoms. The average Bonchev–Trinajstić information content (AvgIpc) is 3.10. The molecule has 0 spiro atoms. The Morgan fingerprint density at radius 2 is 1.41 bits per heavy atom. The minimum absolute atomic E-state index is 0.00310. The number of benzene rings is 2. The van der Waals surface area contributed by atoms with E-state index in [-0.39, 0.29) is 42.6 Å². The van der Waals surface area contributed by atoms with Crippen LogP contribution in [0.5, 0.6) is 0 Å². The lowest BCUT2D eigenvalue weighted by atomic mass is 10.2. The van der Waals surface area contributed by atoms with E-state index in [1.165, 1.54) is 4.31 Å². The van der Waals surface area contributed by atoms with Crippen LogP contribution < -0.4 is 9.62 Å². The lowest BCUT2D eigenvalue weighted by molar-refractivity contribution is -0.131. The zero-order valence-electron chi connectivity index (χ0n) is 20.1. The second kappa shape index (κ2) is 12.0. The zero-order chi connectivity index (χ0) is 24.6. The molecule has 1 fully saturated rings. The maximum atomic E-state index is 13.4. The van der Waals surface area contributed by atoms with Crippen LogP contribution in [0.4, 0.5) is 5.69 Å². The van der Waals surface area contributed by atoms with Crippen LogP contribution in [0.2, 0.25) is 0 Å². The van der Waals surface area contributed by atoms with Crippen LogP contribution in [0, 0.1) is 13.8 Å². The van der Waals surface area contributed by atoms with Crippen molar-refractivity contribution in [3.05, 3.63) is 59.7 Å². The van der Waals surface area contributed by atoms with E-state index in [1.807, 2.05) is 30.9 Å². The van der Waals surface area contributed by atoms with Crippen molar-refractivity contribution in [1.82, 2.24) is 10.2 Å². The average molecular weight is 486 g/mol. The van der Waals surface area contributed by atoms with Gasteiger partial charge in [0.05, 0.1) is 10.6 Å². The number of nitrogens with one attached hydrogen (secondary N) is 1.